The van der Waals surface area contributed by atoms with Crippen LogP contribution in [0.3, 0.4) is 0 Å². The zero-order valence-corrected chi connectivity index (χ0v) is 7.62. The van der Waals surface area contributed by atoms with Gasteiger partial charge in [0.1, 0.15) is 5.75 Å². The van der Waals surface area contributed by atoms with Crippen molar-refractivity contribution in [3.63, 3.8) is 0 Å². The maximum Gasteiger partial charge on any atom is 0.416 e. The monoisotopic (exact) mass is 221 g/mol. The molecule has 1 aromatic rings. The van der Waals surface area contributed by atoms with Crippen molar-refractivity contribution in [1.29, 1.82) is 0 Å². The number of aliphatic hydroxyl groups excluding tert-OH is 1. The molecule has 1 atom stereocenters. The number of halogens is 3. The largest absolute Gasteiger partial charge is 0.508 e. The van der Waals surface area contributed by atoms with E-state index in [2.05, 4.69) is 0 Å². The molecular formula is C9H10F3NO2. The molecule has 0 amide bonds. The SMILES string of the molecule is NC(CO)c1c(O)cccc1C(F)(F)F. The zero-order valence-electron chi connectivity index (χ0n) is 7.62. The first-order valence-corrected chi connectivity index (χ1v) is 4.13. The molecule has 84 valence electrons. The quantitative estimate of drug-likeness (QED) is 0.707. The number of phenolic OH excluding ortho intramolecular Hbond substituents is 1. The molecule has 0 aliphatic carbocycles. The lowest BCUT2D eigenvalue weighted by Gasteiger charge is -2.17. The van der Waals surface area contributed by atoms with Crippen LogP contribution < -0.4 is 5.73 Å². The molecule has 15 heavy (non-hydrogen) atoms. The second-order valence-electron chi connectivity index (χ2n) is 3.03. The van der Waals surface area contributed by atoms with E-state index in [1.807, 2.05) is 0 Å². The molecule has 1 rings (SSSR count). The van der Waals surface area contributed by atoms with E-state index in [9.17, 15) is 18.3 Å². The van der Waals surface area contributed by atoms with E-state index in [1.54, 1.807) is 0 Å². The lowest BCUT2D eigenvalue weighted by Crippen LogP contribution is -2.20. The van der Waals surface area contributed by atoms with E-state index in [-0.39, 0.29) is 0 Å². The molecule has 0 spiro atoms. The van der Waals surface area contributed by atoms with E-state index in [0.29, 0.717) is 0 Å². The highest BCUT2D eigenvalue weighted by Crippen LogP contribution is 2.37. The lowest BCUT2D eigenvalue weighted by molar-refractivity contribution is -0.138. The number of phenols is 1. The minimum absolute atomic E-state index is 0.479. The molecule has 0 aliphatic rings. The second kappa shape index (κ2) is 4.08. The molecule has 1 unspecified atom stereocenters. The van der Waals surface area contributed by atoms with Gasteiger partial charge >= 0.3 is 6.18 Å². The number of aromatic hydroxyl groups is 1. The van der Waals surface area contributed by atoms with Crippen molar-refractivity contribution in [1.82, 2.24) is 0 Å². The maximum atomic E-state index is 12.5. The first-order valence-electron chi connectivity index (χ1n) is 4.13. The average Bonchev–Trinajstić information content (AvgIpc) is 2.15. The predicted molar refractivity (Wildman–Crippen MR) is 47.1 cm³/mol. The molecule has 1 aromatic carbocycles. The Morgan fingerprint density at radius 1 is 1.33 bits per heavy atom. The number of hydrogen-bond donors (Lipinski definition) is 3. The minimum Gasteiger partial charge on any atom is -0.508 e. The second-order valence-corrected chi connectivity index (χ2v) is 3.03. The highest BCUT2D eigenvalue weighted by Gasteiger charge is 2.35. The van der Waals surface area contributed by atoms with Crippen molar-refractivity contribution in [2.24, 2.45) is 5.73 Å². The highest BCUT2D eigenvalue weighted by molar-refractivity contribution is 5.43. The van der Waals surface area contributed by atoms with E-state index in [4.69, 9.17) is 10.8 Å². The first-order chi connectivity index (χ1) is 6.88. The van der Waals surface area contributed by atoms with E-state index in [1.165, 1.54) is 0 Å². The van der Waals surface area contributed by atoms with Gasteiger partial charge in [0, 0.05) is 5.56 Å². The van der Waals surface area contributed by atoms with Crippen LogP contribution in [0.1, 0.15) is 17.2 Å². The minimum atomic E-state index is -4.60. The number of hydrogen-bond acceptors (Lipinski definition) is 3. The summed E-state index contributed by atoms with van der Waals surface area (Å²) in [6, 6.07) is 1.74. The Hall–Kier alpha value is -1.27. The van der Waals surface area contributed by atoms with Crippen LogP contribution in [0.25, 0.3) is 0 Å². The Morgan fingerprint density at radius 2 is 1.93 bits per heavy atom. The topological polar surface area (TPSA) is 66.5 Å². The number of aliphatic hydroxyl groups is 1. The predicted octanol–water partition coefficient (Wildman–Crippen LogP) is 1.40. The van der Waals surface area contributed by atoms with Crippen LogP contribution >= 0.6 is 0 Å². The molecule has 0 saturated carbocycles. The van der Waals surface area contributed by atoms with E-state index < -0.39 is 35.7 Å². The van der Waals surface area contributed by atoms with E-state index >= 15 is 0 Å². The fraction of sp³-hybridized carbons (Fsp3) is 0.333. The molecule has 3 nitrogen and oxygen atoms in total. The van der Waals surface area contributed by atoms with E-state index in [0.717, 1.165) is 18.2 Å². The van der Waals surface area contributed by atoms with Gasteiger partial charge in [-0.25, -0.2) is 0 Å². The number of rotatable bonds is 2. The van der Waals surface area contributed by atoms with Crippen LogP contribution in [-0.4, -0.2) is 16.8 Å². The van der Waals surface area contributed by atoms with Gasteiger partial charge in [0.05, 0.1) is 18.2 Å². The smallest absolute Gasteiger partial charge is 0.416 e. The van der Waals surface area contributed by atoms with Gasteiger partial charge in [-0.3, -0.25) is 0 Å². The van der Waals surface area contributed by atoms with Crippen LogP contribution in [-0.2, 0) is 6.18 Å². The Morgan fingerprint density at radius 3 is 2.40 bits per heavy atom. The molecule has 4 N–H and O–H groups in total. The summed E-state index contributed by atoms with van der Waals surface area (Å²) < 4.78 is 37.4. The summed E-state index contributed by atoms with van der Waals surface area (Å²) in [7, 11) is 0. The number of benzene rings is 1. The van der Waals surface area contributed by atoms with Gasteiger partial charge in [0.2, 0.25) is 0 Å². The normalized spacial score (nSPS) is 13.9. The molecule has 0 radical (unpaired) electrons. The summed E-state index contributed by atoms with van der Waals surface area (Å²) >= 11 is 0. The van der Waals surface area contributed by atoms with Crippen LogP contribution in [0.5, 0.6) is 5.75 Å². The summed E-state index contributed by atoms with van der Waals surface area (Å²) in [5, 5.41) is 18.0. The van der Waals surface area contributed by atoms with Crippen molar-refractivity contribution in [3.8, 4) is 5.75 Å². The third-order valence-corrected chi connectivity index (χ3v) is 1.96. The summed E-state index contributed by atoms with van der Waals surface area (Å²) in [6.07, 6.45) is -4.60. The molecule has 0 aliphatic heterocycles. The molecule has 0 aromatic heterocycles. The van der Waals surface area contributed by atoms with Crippen LogP contribution in [0.4, 0.5) is 13.2 Å². The third-order valence-electron chi connectivity index (χ3n) is 1.96. The van der Waals surface area contributed by atoms with Crippen molar-refractivity contribution >= 4 is 0 Å². The van der Waals surface area contributed by atoms with Crippen molar-refractivity contribution in [2.45, 2.75) is 12.2 Å². The van der Waals surface area contributed by atoms with Gasteiger partial charge in [-0.2, -0.15) is 13.2 Å². The number of alkyl halides is 3. The van der Waals surface area contributed by atoms with Gasteiger partial charge in [-0.15, -0.1) is 0 Å². The lowest BCUT2D eigenvalue weighted by atomic mass is 10.00. The third kappa shape index (κ3) is 2.40. The zero-order chi connectivity index (χ0) is 11.6. The Labute approximate surface area is 84.0 Å². The molecule has 0 bridgehead atoms. The fourth-order valence-corrected chi connectivity index (χ4v) is 1.28. The summed E-state index contributed by atoms with van der Waals surface area (Å²) in [5.41, 5.74) is 3.78. The van der Waals surface area contributed by atoms with Crippen LogP contribution in [0.2, 0.25) is 0 Å². The molecule has 0 fully saturated rings. The summed E-state index contributed by atoms with van der Waals surface area (Å²) in [4.78, 5) is 0. The molecular weight excluding hydrogens is 211 g/mol. The van der Waals surface area contributed by atoms with Gasteiger partial charge in [-0.1, -0.05) is 6.07 Å². The maximum absolute atomic E-state index is 12.5. The molecule has 6 heteroatoms. The van der Waals surface area contributed by atoms with Gasteiger partial charge < -0.3 is 15.9 Å². The standard InChI is InChI=1S/C9H10F3NO2/c10-9(11,12)5-2-1-3-7(15)8(5)6(13)4-14/h1-3,6,14-15H,4,13H2. The average molecular weight is 221 g/mol. The Kier molecular flexibility index (Phi) is 3.21. The highest BCUT2D eigenvalue weighted by atomic mass is 19.4. The van der Waals surface area contributed by atoms with Gasteiger partial charge in [0.25, 0.3) is 0 Å². The van der Waals surface area contributed by atoms with Crippen molar-refractivity contribution in [3.05, 3.63) is 29.3 Å². The van der Waals surface area contributed by atoms with Gasteiger partial charge in [0.15, 0.2) is 0 Å². The van der Waals surface area contributed by atoms with Gasteiger partial charge in [-0.05, 0) is 12.1 Å². The molecule has 0 heterocycles. The fourth-order valence-electron chi connectivity index (χ4n) is 1.28. The van der Waals surface area contributed by atoms with Crippen LogP contribution in [0.15, 0.2) is 18.2 Å². The summed E-state index contributed by atoms with van der Waals surface area (Å²) in [6.45, 7) is -0.666. The molecule has 0 saturated heterocycles. The van der Waals surface area contributed by atoms with Crippen molar-refractivity contribution < 1.29 is 23.4 Å². The first kappa shape index (κ1) is 11.8. The number of nitrogens with two attached hydrogens (primary N) is 1. The summed E-state index contributed by atoms with van der Waals surface area (Å²) in [5.74, 6) is -0.564. The van der Waals surface area contributed by atoms with Crippen LogP contribution in [0, 0.1) is 0 Å². The Balaban J connectivity index is 3.33. The van der Waals surface area contributed by atoms with Crippen molar-refractivity contribution in [2.75, 3.05) is 6.61 Å². The Bertz CT molecular complexity index is 352.